The first kappa shape index (κ1) is 89.3. The van der Waals surface area contributed by atoms with E-state index in [4.69, 9.17) is 9.47 Å². The van der Waals surface area contributed by atoms with E-state index >= 15 is 0 Å². The van der Waals surface area contributed by atoms with Crippen molar-refractivity contribution in [3.8, 4) is 0 Å². The molecule has 1 aliphatic rings. The highest BCUT2D eigenvalue weighted by atomic mass is 16.7. The fourth-order valence-corrected chi connectivity index (χ4v) is 11.2. The SMILES string of the molecule is CC/C=C\C/C=C\C/C=C\C/C=C\C/C=C\C/C=C\C/C=C\C/C=C\C/C=C\C/C=C\C/C=C\C/C=C\CCCCCCC(=O)NC(COC1OC(CO)C(O)C(O)C1O)C(O)/C=C/CC/C=C/CC/C=C/CCCCCCCCCCCCCCCCCCCCCCCC. The number of aliphatic hydroxyl groups is 5. The van der Waals surface area contributed by atoms with E-state index in [2.05, 4.69) is 189 Å². The molecule has 9 nitrogen and oxygen atoms in total. The first-order chi connectivity index (χ1) is 47.3. The Kier molecular flexibility index (Phi) is 67.9. The summed E-state index contributed by atoms with van der Waals surface area (Å²) in [5, 5.41) is 54.8. The fraction of sp³-hybridized carbons (Fsp3) is 0.644. The van der Waals surface area contributed by atoms with Gasteiger partial charge in [-0.2, -0.15) is 0 Å². The highest BCUT2D eigenvalue weighted by Crippen LogP contribution is 2.23. The van der Waals surface area contributed by atoms with Crippen LogP contribution in [0.3, 0.4) is 0 Å². The van der Waals surface area contributed by atoms with Crippen LogP contribution in [0.15, 0.2) is 182 Å². The molecule has 544 valence electrons. The molecule has 0 radical (unpaired) electrons. The van der Waals surface area contributed by atoms with Crippen molar-refractivity contribution in [1.29, 1.82) is 0 Å². The Morgan fingerprint density at radius 1 is 0.365 bits per heavy atom. The molecule has 0 spiro atoms. The van der Waals surface area contributed by atoms with Crippen LogP contribution in [0, 0.1) is 0 Å². The predicted octanol–water partition coefficient (Wildman–Crippen LogP) is 22.6. The lowest BCUT2D eigenvalue weighted by Crippen LogP contribution is -2.60. The molecule has 0 aliphatic carbocycles. The van der Waals surface area contributed by atoms with Crippen LogP contribution >= 0.6 is 0 Å². The summed E-state index contributed by atoms with van der Waals surface area (Å²) in [7, 11) is 0. The molecule has 9 heteroatoms. The smallest absolute Gasteiger partial charge is 0.220 e. The molecule has 1 rings (SSSR count). The largest absolute Gasteiger partial charge is 0.394 e. The third-order valence-corrected chi connectivity index (χ3v) is 17.2. The van der Waals surface area contributed by atoms with E-state index in [1.165, 1.54) is 141 Å². The molecule has 1 amide bonds. The molecule has 7 atom stereocenters. The van der Waals surface area contributed by atoms with E-state index in [0.29, 0.717) is 19.3 Å². The second kappa shape index (κ2) is 73.0. The zero-order valence-electron chi connectivity index (χ0n) is 61.1. The highest BCUT2D eigenvalue weighted by Gasteiger charge is 2.44. The van der Waals surface area contributed by atoms with E-state index in [0.717, 1.165) is 128 Å². The summed E-state index contributed by atoms with van der Waals surface area (Å²) in [6.45, 7) is 3.64. The Hall–Kier alpha value is -4.71. The number of hydrogen-bond donors (Lipinski definition) is 6. The Morgan fingerprint density at radius 3 is 1.00 bits per heavy atom. The van der Waals surface area contributed by atoms with Crippen molar-refractivity contribution in [2.75, 3.05) is 13.2 Å². The first-order valence-corrected chi connectivity index (χ1v) is 39.0. The Morgan fingerprint density at radius 2 is 0.656 bits per heavy atom. The number of unbranched alkanes of at least 4 members (excludes halogenated alkanes) is 28. The lowest BCUT2D eigenvalue weighted by molar-refractivity contribution is -0.302. The van der Waals surface area contributed by atoms with Gasteiger partial charge in [0, 0.05) is 6.42 Å². The summed E-state index contributed by atoms with van der Waals surface area (Å²) in [6.07, 6.45) is 110. The number of aliphatic hydroxyl groups excluding tert-OH is 5. The molecule has 1 heterocycles. The van der Waals surface area contributed by atoms with Gasteiger partial charge in [0.25, 0.3) is 0 Å². The third kappa shape index (κ3) is 60.5. The van der Waals surface area contributed by atoms with Crippen molar-refractivity contribution in [3.05, 3.63) is 182 Å². The van der Waals surface area contributed by atoms with Crippen LogP contribution < -0.4 is 5.32 Å². The lowest BCUT2D eigenvalue weighted by Gasteiger charge is -2.40. The summed E-state index contributed by atoms with van der Waals surface area (Å²) in [6, 6.07) is -0.859. The van der Waals surface area contributed by atoms with E-state index < -0.39 is 49.5 Å². The molecular formula is C87H143NO8. The van der Waals surface area contributed by atoms with Gasteiger partial charge in [0.05, 0.1) is 25.4 Å². The van der Waals surface area contributed by atoms with Gasteiger partial charge in [0.2, 0.25) is 5.91 Å². The lowest BCUT2D eigenvalue weighted by atomic mass is 9.99. The number of rotatable bonds is 66. The number of amides is 1. The summed E-state index contributed by atoms with van der Waals surface area (Å²) < 4.78 is 11.3. The quantitative estimate of drug-likeness (QED) is 0.0261. The molecule has 1 fully saturated rings. The van der Waals surface area contributed by atoms with Gasteiger partial charge in [-0.1, -0.05) is 344 Å². The highest BCUT2D eigenvalue weighted by molar-refractivity contribution is 5.76. The number of carbonyl (C=O) groups excluding carboxylic acids is 1. The maximum absolute atomic E-state index is 13.1. The minimum atomic E-state index is -1.59. The number of carbonyl (C=O) groups is 1. The van der Waals surface area contributed by atoms with Crippen LogP contribution in [0.5, 0.6) is 0 Å². The van der Waals surface area contributed by atoms with Crippen LogP contribution in [0.25, 0.3) is 0 Å². The summed E-state index contributed by atoms with van der Waals surface area (Å²) >= 11 is 0. The van der Waals surface area contributed by atoms with Crippen LogP contribution in [0.2, 0.25) is 0 Å². The number of ether oxygens (including phenoxy) is 2. The average molecular weight is 1330 g/mol. The summed E-state index contributed by atoms with van der Waals surface area (Å²) in [5.74, 6) is -0.220. The summed E-state index contributed by atoms with van der Waals surface area (Å²) in [4.78, 5) is 13.1. The molecule has 96 heavy (non-hydrogen) atoms. The van der Waals surface area contributed by atoms with E-state index in [9.17, 15) is 30.3 Å². The maximum Gasteiger partial charge on any atom is 0.220 e. The molecule has 1 aliphatic heterocycles. The van der Waals surface area contributed by atoms with Crippen molar-refractivity contribution in [2.24, 2.45) is 0 Å². The number of allylic oxidation sites excluding steroid dienone is 29. The minimum Gasteiger partial charge on any atom is -0.394 e. The van der Waals surface area contributed by atoms with E-state index in [1.54, 1.807) is 6.08 Å². The van der Waals surface area contributed by atoms with Crippen molar-refractivity contribution in [3.63, 3.8) is 0 Å². The first-order valence-electron chi connectivity index (χ1n) is 39.0. The molecule has 0 bridgehead atoms. The number of nitrogens with one attached hydrogen (secondary N) is 1. The third-order valence-electron chi connectivity index (χ3n) is 17.2. The van der Waals surface area contributed by atoms with Gasteiger partial charge >= 0.3 is 0 Å². The van der Waals surface area contributed by atoms with Crippen LogP contribution in [0.1, 0.15) is 303 Å². The zero-order chi connectivity index (χ0) is 69.2. The molecule has 0 aromatic rings. The molecular weight excluding hydrogens is 1190 g/mol. The molecule has 1 saturated heterocycles. The average Bonchev–Trinajstić information content (AvgIpc) is 0.840. The Labute approximate surface area is 589 Å². The van der Waals surface area contributed by atoms with Crippen LogP contribution in [-0.4, -0.2) is 87.5 Å². The van der Waals surface area contributed by atoms with Gasteiger partial charge in [-0.25, -0.2) is 0 Å². The predicted molar refractivity (Wildman–Crippen MR) is 414 cm³/mol. The number of hydrogen-bond acceptors (Lipinski definition) is 8. The van der Waals surface area contributed by atoms with Crippen molar-refractivity contribution in [2.45, 2.75) is 346 Å². The molecule has 7 unspecified atom stereocenters. The van der Waals surface area contributed by atoms with Crippen molar-refractivity contribution < 1.29 is 39.8 Å². The van der Waals surface area contributed by atoms with Gasteiger partial charge in [0.1, 0.15) is 24.4 Å². The second-order valence-corrected chi connectivity index (χ2v) is 26.0. The van der Waals surface area contributed by atoms with Gasteiger partial charge in [0.15, 0.2) is 6.29 Å². The minimum absolute atomic E-state index is 0.220. The van der Waals surface area contributed by atoms with E-state index in [1.807, 2.05) is 6.08 Å². The van der Waals surface area contributed by atoms with Crippen LogP contribution in [0.4, 0.5) is 0 Å². The molecule has 0 saturated carbocycles. The van der Waals surface area contributed by atoms with Crippen LogP contribution in [-0.2, 0) is 14.3 Å². The topological polar surface area (TPSA) is 149 Å². The Bertz CT molecular complexity index is 2180. The second-order valence-electron chi connectivity index (χ2n) is 26.0. The van der Waals surface area contributed by atoms with Crippen molar-refractivity contribution >= 4 is 5.91 Å². The van der Waals surface area contributed by atoms with Gasteiger partial charge in [-0.15, -0.1) is 0 Å². The summed E-state index contributed by atoms with van der Waals surface area (Å²) in [5.41, 5.74) is 0. The maximum atomic E-state index is 13.1. The zero-order valence-corrected chi connectivity index (χ0v) is 61.1. The fourth-order valence-electron chi connectivity index (χ4n) is 11.2. The molecule has 6 N–H and O–H groups in total. The van der Waals surface area contributed by atoms with E-state index in [-0.39, 0.29) is 12.5 Å². The Balaban J connectivity index is 2.19. The van der Waals surface area contributed by atoms with Gasteiger partial charge in [-0.05, 0) is 135 Å². The van der Waals surface area contributed by atoms with Crippen molar-refractivity contribution in [1.82, 2.24) is 5.32 Å². The monoisotopic (exact) mass is 1330 g/mol. The van der Waals surface area contributed by atoms with Gasteiger partial charge in [-0.3, -0.25) is 4.79 Å². The normalized spacial score (nSPS) is 18.5. The standard InChI is InChI=1S/C87H143NO8/c1-3-5-7-9-11-13-15-17-19-21-23-25-27-29-31-33-35-37-38-39-40-41-42-43-44-45-47-49-51-53-55-57-59-61-63-65-67-69-71-73-75-77-83(91)88-80(79-95-87-86(94)85(93)84(92)82(78-89)96-87)81(90)76-74-72-70-68-66-64-62-60-58-56-54-52-50-48-46-36-34-32-30-28-26-24-22-20-18-16-14-12-10-8-6-4-2/h5,7,11,13,17,19,23,25,29,31,35,37,39-40,42-43,45,47,51,53,57-60,63,65-66,68,74,76,80-82,84-87,89-90,92-94H,3-4,6,8-10,12,14-16,18,20-22,24,26-28,30,32-34,36,38,41,44,46,48-50,52,54-56,61-62,64,67,69-73,75,77-79H2,1-2H3,(H,88,91)/b7-5-,13-11-,19-17-,25-23-,31-29-,37-35-,40-39-,43-42-,47-45-,53-51-,59-57-,60-58+,65-63-,68-66+,76-74+. The van der Waals surface area contributed by atoms with Gasteiger partial charge < -0.3 is 40.3 Å². The molecule has 0 aromatic heterocycles. The molecule has 0 aromatic carbocycles.